The monoisotopic (exact) mass is 485 g/mol. The molecular formula is C25H34F3NO3S. The molecule has 0 spiro atoms. The van der Waals surface area contributed by atoms with E-state index in [1.807, 2.05) is 80.5 Å². The van der Waals surface area contributed by atoms with Crippen molar-refractivity contribution >= 4 is 10.1 Å². The highest BCUT2D eigenvalue weighted by Crippen LogP contribution is 2.45. The van der Waals surface area contributed by atoms with Crippen molar-refractivity contribution in [1.82, 2.24) is 4.98 Å². The van der Waals surface area contributed by atoms with E-state index >= 15 is 0 Å². The SMILES string of the molecule is Cc1ccc(C(C)(C)C)nc1-c1c(OS(=O)(=O)C(F)(F)F)cc(C(C)(C)C)cc1C(C)(C)C. The highest BCUT2D eigenvalue weighted by Gasteiger charge is 2.49. The first-order valence-electron chi connectivity index (χ1n) is 10.7. The van der Waals surface area contributed by atoms with Crippen molar-refractivity contribution in [3.05, 3.63) is 46.6 Å². The van der Waals surface area contributed by atoms with Gasteiger partial charge in [-0.05, 0) is 46.6 Å². The van der Waals surface area contributed by atoms with E-state index in [2.05, 4.69) is 0 Å². The topological polar surface area (TPSA) is 56.3 Å². The molecule has 2 aromatic rings. The van der Waals surface area contributed by atoms with Gasteiger partial charge in [0.1, 0.15) is 0 Å². The van der Waals surface area contributed by atoms with Gasteiger partial charge >= 0.3 is 15.6 Å². The fraction of sp³-hybridized carbons (Fsp3) is 0.560. The van der Waals surface area contributed by atoms with Crippen LogP contribution in [0.4, 0.5) is 13.2 Å². The van der Waals surface area contributed by atoms with Crippen LogP contribution in [0.25, 0.3) is 11.3 Å². The minimum atomic E-state index is -5.88. The largest absolute Gasteiger partial charge is 0.534 e. The van der Waals surface area contributed by atoms with E-state index in [-0.39, 0.29) is 16.7 Å². The zero-order chi connectivity index (χ0) is 25.8. The van der Waals surface area contributed by atoms with Crippen molar-refractivity contribution < 1.29 is 25.8 Å². The molecule has 0 bridgehead atoms. The van der Waals surface area contributed by atoms with Gasteiger partial charge in [-0.25, -0.2) is 0 Å². The van der Waals surface area contributed by atoms with Gasteiger partial charge in [-0.1, -0.05) is 74.4 Å². The zero-order valence-electron chi connectivity index (χ0n) is 21.0. The summed E-state index contributed by atoms with van der Waals surface area (Å²) in [5.41, 5.74) is -3.48. The number of benzene rings is 1. The lowest BCUT2D eigenvalue weighted by atomic mass is 9.77. The zero-order valence-corrected chi connectivity index (χ0v) is 21.8. The molecule has 0 amide bonds. The maximum absolute atomic E-state index is 13.3. The summed E-state index contributed by atoms with van der Waals surface area (Å²) in [5, 5.41) is 0. The number of aromatic nitrogens is 1. The van der Waals surface area contributed by atoms with Crippen molar-refractivity contribution in [1.29, 1.82) is 0 Å². The normalized spacial score (nSPS) is 13.8. The fourth-order valence-electron chi connectivity index (χ4n) is 3.31. The molecule has 0 aliphatic rings. The molecule has 1 heterocycles. The van der Waals surface area contributed by atoms with Crippen LogP contribution >= 0.6 is 0 Å². The van der Waals surface area contributed by atoms with Gasteiger partial charge in [-0.3, -0.25) is 4.98 Å². The Morgan fingerprint density at radius 3 is 1.79 bits per heavy atom. The van der Waals surface area contributed by atoms with Crippen molar-refractivity contribution in [2.75, 3.05) is 0 Å². The third kappa shape index (κ3) is 5.89. The van der Waals surface area contributed by atoms with Gasteiger partial charge in [-0.15, -0.1) is 0 Å². The Labute approximate surface area is 195 Å². The van der Waals surface area contributed by atoms with Gasteiger partial charge in [0, 0.05) is 16.7 Å². The van der Waals surface area contributed by atoms with Crippen LogP contribution in [0.15, 0.2) is 24.3 Å². The molecule has 2 rings (SSSR count). The number of aryl methyl sites for hydroxylation is 1. The quantitative estimate of drug-likeness (QED) is 0.341. The second kappa shape index (κ2) is 8.29. The third-order valence-corrected chi connectivity index (χ3v) is 6.33. The molecule has 33 heavy (non-hydrogen) atoms. The maximum Gasteiger partial charge on any atom is 0.534 e. The molecule has 0 aliphatic carbocycles. The van der Waals surface area contributed by atoms with Crippen LogP contribution in [0, 0.1) is 6.92 Å². The third-order valence-electron chi connectivity index (χ3n) is 5.36. The summed E-state index contributed by atoms with van der Waals surface area (Å²) >= 11 is 0. The molecule has 0 radical (unpaired) electrons. The van der Waals surface area contributed by atoms with Gasteiger partial charge in [0.2, 0.25) is 0 Å². The molecule has 0 atom stereocenters. The first-order chi connectivity index (χ1) is 14.6. The van der Waals surface area contributed by atoms with Crippen LogP contribution < -0.4 is 4.18 Å². The van der Waals surface area contributed by atoms with E-state index in [0.717, 1.165) is 5.69 Å². The Kier molecular flexibility index (Phi) is 6.82. The highest BCUT2D eigenvalue weighted by atomic mass is 32.2. The minimum Gasteiger partial charge on any atom is -0.375 e. The Balaban J connectivity index is 3.06. The van der Waals surface area contributed by atoms with E-state index in [0.29, 0.717) is 22.4 Å². The van der Waals surface area contributed by atoms with Crippen LogP contribution in [0.1, 0.15) is 84.7 Å². The Morgan fingerprint density at radius 1 is 0.818 bits per heavy atom. The standard InChI is InChI=1S/C25H34F3NO3S/c1-15-11-12-19(24(8,9)10)29-21(15)20-17(23(5,6)7)13-16(22(2,3)4)14-18(20)32-33(30,31)25(26,27)28/h11-14H,1-10H3. The van der Waals surface area contributed by atoms with E-state index in [9.17, 15) is 21.6 Å². The lowest BCUT2D eigenvalue weighted by molar-refractivity contribution is -0.0499. The average molecular weight is 486 g/mol. The maximum atomic E-state index is 13.3. The molecule has 0 saturated heterocycles. The van der Waals surface area contributed by atoms with Crippen molar-refractivity contribution in [3.8, 4) is 17.0 Å². The van der Waals surface area contributed by atoms with E-state index in [1.54, 1.807) is 6.92 Å². The molecule has 1 aromatic heterocycles. The predicted octanol–water partition coefficient (Wildman–Crippen LogP) is 7.18. The Bertz CT molecular complexity index is 1150. The molecule has 184 valence electrons. The molecule has 0 fully saturated rings. The molecule has 4 nitrogen and oxygen atoms in total. The fourth-order valence-corrected chi connectivity index (χ4v) is 3.78. The summed E-state index contributed by atoms with van der Waals surface area (Å²) in [6, 6.07) is 7.01. The van der Waals surface area contributed by atoms with Gasteiger partial charge in [0.25, 0.3) is 0 Å². The van der Waals surface area contributed by atoms with E-state index in [1.165, 1.54) is 6.07 Å². The van der Waals surface area contributed by atoms with Crippen LogP contribution in [-0.4, -0.2) is 18.9 Å². The van der Waals surface area contributed by atoms with E-state index < -0.39 is 26.5 Å². The van der Waals surface area contributed by atoms with E-state index in [4.69, 9.17) is 9.17 Å². The number of alkyl halides is 3. The lowest BCUT2D eigenvalue weighted by Gasteiger charge is -2.30. The number of halogens is 3. The highest BCUT2D eigenvalue weighted by molar-refractivity contribution is 7.88. The second-order valence-electron chi connectivity index (χ2n) is 11.5. The van der Waals surface area contributed by atoms with Crippen molar-refractivity contribution in [3.63, 3.8) is 0 Å². The molecule has 1 aromatic carbocycles. The second-order valence-corrected chi connectivity index (χ2v) is 13.0. The van der Waals surface area contributed by atoms with Crippen molar-refractivity contribution in [2.45, 2.75) is 91.0 Å². The van der Waals surface area contributed by atoms with Gasteiger partial charge in [0.05, 0.1) is 5.69 Å². The minimum absolute atomic E-state index is 0.256. The first-order valence-corrected chi connectivity index (χ1v) is 12.1. The summed E-state index contributed by atoms with van der Waals surface area (Å²) in [5.74, 6) is -0.369. The summed E-state index contributed by atoms with van der Waals surface area (Å²) in [4.78, 5) is 4.78. The van der Waals surface area contributed by atoms with Crippen LogP contribution in [-0.2, 0) is 26.4 Å². The summed E-state index contributed by atoms with van der Waals surface area (Å²) in [6.07, 6.45) is 0. The first kappa shape index (κ1) is 27.2. The molecule has 8 heteroatoms. The number of rotatable bonds is 3. The predicted molar refractivity (Wildman–Crippen MR) is 126 cm³/mol. The lowest BCUT2D eigenvalue weighted by Crippen LogP contribution is -2.29. The summed E-state index contributed by atoms with van der Waals surface area (Å²) in [6.45, 7) is 19.2. The molecule has 0 aliphatic heterocycles. The molecular weight excluding hydrogens is 451 g/mol. The smallest absolute Gasteiger partial charge is 0.375 e. The number of nitrogens with zero attached hydrogens (tertiary/aromatic N) is 1. The number of hydrogen-bond donors (Lipinski definition) is 0. The average Bonchev–Trinajstić information content (AvgIpc) is 2.58. The van der Waals surface area contributed by atoms with Gasteiger partial charge in [-0.2, -0.15) is 21.6 Å². The Hall–Kier alpha value is -2.09. The number of pyridine rings is 1. The molecule has 0 N–H and O–H groups in total. The van der Waals surface area contributed by atoms with Crippen LogP contribution in [0.3, 0.4) is 0 Å². The van der Waals surface area contributed by atoms with Crippen molar-refractivity contribution in [2.24, 2.45) is 0 Å². The molecule has 0 saturated carbocycles. The van der Waals surface area contributed by atoms with Crippen LogP contribution in [0.2, 0.25) is 0 Å². The summed E-state index contributed by atoms with van der Waals surface area (Å²) < 4.78 is 68.8. The van der Waals surface area contributed by atoms with Gasteiger partial charge in [0.15, 0.2) is 5.75 Å². The molecule has 0 unspecified atom stereocenters. The van der Waals surface area contributed by atoms with Gasteiger partial charge < -0.3 is 4.18 Å². The summed E-state index contributed by atoms with van der Waals surface area (Å²) in [7, 11) is -5.88. The number of hydrogen-bond acceptors (Lipinski definition) is 4. The Morgan fingerprint density at radius 2 is 1.36 bits per heavy atom. The van der Waals surface area contributed by atoms with Crippen LogP contribution in [0.5, 0.6) is 5.75 Å².